The van der Waals surface area contributed by atoms with Crippen LogP contribution in [0, 0.1) is 0 Å². The molecule has 0 saturated carbocycles. The van der Waals surface area contributed by atoms with E-state index in [1.165, 1.54) is 0 Å². The summed E-state index contributed by atoms with van der Waals surface area (Å²) in [7, 11) is 0. The van der Waals surface area contributed by atoms with E-state index in [0.29, 0.717) is 12.1 Å². The van der Waals surface area contributed by atoms with Crippen molar-refractivity contribution in [2.45, 2.75) is 6.42 Å². The Bertz CT molecular complexity index is 566. The van der Waals surface area contributed by atoms with E-state index < -0.39 is 0 Å². The Hall–Kier alpha value is -2.23. The van der Waals surface area contributed by atoms with Crippen molar-refractivity contribution in [2.75, 3.05) is 6.54 Å². The van der Waals surface area contributed by atoms with Crippen molar-refractivity contribution in [3.8, 4) is 11.4 Å². The molecule has 4 heteroatoms. The zero-order valence-electron chi connectivity index (χ0n) is 9.18. The number of amides is 1. The second-order valence-corrected chi connectivity index (χ2v) is 3.91. The molecule has 0 aliphatic carbocycles. The maximum absolute atomic E-state index is 11.6. The van der Waals surface area contributed by atoms with Crippen molar-refractivity contribution < 1.29 is 4.79 Å². The lowest BCUT2D eigenvalue weighted by Crippen LogP contribution is -2.32. The van der Waals surface area contributed by atoms with E-state index in [9.17, 15) is 4.79 Å². The summed E-state index contributed by atoms with van der Waals surface area (Å²) >= 11 is 0. The molecule has 4 nitrogen and oxygen atoms in total. The summed E-state index contributed by atoms with van der Waals surface area (Å²) in [4.78, 5) is 20.3. The van der Waals surface area contributed by atoms with E-state index in [-0.39, 0.29) is 5.91 Å². The van der Waals surface area contributed by atoms with E-state index in [1.54, 1.807) is 6.20 Å². The molecule has 0 unspecified atom stereocenters. The van der Waals surface area contributed by atoms with Crippen molar-refractivity contribution in [1.29, 1.82) is 0 Å². The van der Waals surface area contributed by atoms with Gasteiger partial charge in [-0.2, -0.15) is 0 Å². The fourth-order valence-electron chi connectivity index (χ4n) is 1.95. The van der Waals surface area contributed by atoms with Crippen LogP contribution in [-0.2, 0) is 6.42 Å². The molecule has 2 aromatic rings. The summed E-state index contributed by atoms with van der Waals surface area (Å²) < 4.78 is 0. The van der Waals surface area contributed by atoms with Gasteiger partial charge in [0.25, 0.3) is 5.91 Å². The van der Waals surface area contributed by atoms with Gasteiger partial charge in [-0.3, -0.25) is 14.8 Å². The fourth-order valence-corrected chi connectivity index (χ4v) is 1.95. The first kappa shape index (κ1) is 9.96. The molecule has 2 aromatic heterocycles. The Morgan fingerprint density at radius 2 is 2.06 bits per heavy atom. The number of hydrogen-bond acceptors (Lipinski definition) is 3. The Morgan fingerprint density at radius 1 is 1.12 bits per heavy atom. The van der Waals surface area contributed by atoms with Gasteiger partial charge in [0.05, 0.1) is 22.6 Å². The predicted octanol–water partition coefficient (Wildman–Crippen LogP) is 1.43. The standard InChI is InChI=1S/C13H11N3O/c17-13-9-4-5-12(11-3-1-2-7-14-11)16-10(9)6-8-15-13/h1-5,7H,6,8H2,(H,15,17). The Kier molecular flexibility index (Phi) is 2.33. The van der Waals surface area contributed by atoms with Gasteiger partial charge in [-0.05, 0) is 24.3 Å². The van der Waals surface area contributed by atoms with Gasteiger partial charge in [0.2, 0.25) is 0 Å². The molecular formula is C13H11N3O. The molecule has 0 fully saturated rings. The Labute approximate surface area is 98.7 Å². The molecule has 0 saturated heterocycles. The Balaban J connectivity index is 2.07. The normalized spacial score (nSPS) is 14.0. The first-order valence-corrected chi connectivity index (χ1v) is 5.54. The van der Waals surface area contributed by atoms with Crippen LogP contribution in [0.5, 0.6) is 0 Å². The van der Waals surface area contributed by atoms with Crippen LogP contribution in [0.25, 0.3) is 11.4 Å². The van der Waals surface area contributed by atoms with Crippen molar-refractivity contribution >= 4 is 5.91 Å². The SMILES string of the molecule is O=C1NCCc2nc(-c3ccccn3)ccc21. The molecule has 3 rings (SSSR count). The van der Waals surface area contributed by atoms with Gasteiger partial charge in [-0.1, -0.05) is 6.07 Å². The second kappa shape index (κ2) is 3.97. The van der Waals surface area contributed by atoms with Gasteiger partial charge in [0.15, 0.2) is 0 Å². The first-order chi connectivity index (χ1) is 8.34. The van der Waals surface area contributed by atoms with E-state index in [4.69, 9.17) is 0 Å². The third-order valence-corrected chi connectivity index (χ3v) is 2.79. The summed E-state index contributed by atoms with van der Waals surface area (Å²) in [6, 6.07) is 9.37. The van der Waals surface area contributed by atoms with Crippen LogP contribution in [0.2, 0.25) is 0 Å². The molecule has 17 heavy (non-hydrogen) atoms. The zero-order valence-corrected chi connectivity index (χ0v) is 9.18. The van der Waals surface area contributed by atoms with Crippen molar-refractivity contribution in [1.82, 2.24) is 15.3 Å². The highest BCUT2D eigenvalue weighted by Gasteiger charge is 2.18. The molecule has 0 bridgehead atoms. The minimum atomic E-state index is -0.0358. The fraction of sp³-hybridized carbons (Fsp3) is 0.154. The van der Waals surface area contributed by atoms with Gasteiger partial charge in [-0.15, -0.1) is 0 Å². The van der Waals surface area contributed by atoms with Crippen LogP contribution in [0.4, 0.5) is 0 Å². The molecule has 0 aromatic carbocycles. The number of carbonyl (C=O) groups excluding carboxylic acids is 1. The van der Waals surface area contributed by atoms with Gasteiger partial charge in [-0.25, -0.2) is 0 Å². The molecule has 0 atom stereocenters. The number of rotatable bonds is 1. The lowest BCUT2D eigenvalue weighted by atomic mass is 10.1. The monoisotopic (exact) mass is 225 g/mol. The molecule has 1 aliphatic rings. The number of nitrogens with zero attached hydrogens (tertiary/aromatic N) is 2. The van der Waals surface area contributed by atoms with E-state index >= 15 is 0 Å². The van der Waals surface area contributed by atoms with Crippen LogP contribution in [-0.4, -0.2) is 22.4 Å². The Morgan fingerprint density at radius 3 is 2.88 bits per heavy atom. The van der Waals surface area contributed by atoms with Gasteiger partial charge in [0, 0.05) is 19.2 Å². The summed E-state index contributed by atoms with van der Waals surface area (Å²) in [6.45, 7) is 0.657. The average Bonchev–Trinajstić information content (AvgIpc) is 2.40. The quantitative estimate of drug-likeness (QED) is 0.798. The van der Waals surface area contributed by atoms with E-state index in [2.05, 4.69) is 15.3 Å². The highest BCUT2D eigenvalue weighted by molar-refractivity contribution is 5.96. The lowest BCUT2D eigenvalue weighted by molar-refractivity contribution is 0.0945. The number of pyridine rings is 2. The highest BCUT2D eigenvalue weighted by atomic mass is 16.1. The van der Waals surface area contributed by atoms with Gasteiger partial charge >= 0.3 is 0 Å². The summed E-state index contributed by atoms with van der Waals surface area (Å²) in [5, 5.41) is 2.80. The van der Waals surface area contributed by atoms with Crippen LogP contribution in [0.1, 0.15) is 16.1 Å². The first-order valence-electron chi connectivity index (χ1n) is 5.54. The minimum absolute atomic E-state index is 0.0358. The number of fused-ring (bicyclic) bond motifs is 1. The van der Waals surface area contributed by atoms with Gasteiger partial charge < -0.3 is 5.32 Å². The van der Waals surface area contributed by atoms with Crippen LogP contribution >= 0.6 is 0 Å². The summed E-state index contributed by atoms with van der Waals surface area (Å²) in [5.41, 5.74) is 3.19. The van der Waals surface area contributed by atoms with Crippen LogP contribution in [0.15, 0.2) is 36.5 Å². The number of carbonyl (C=O) groups is 1. The molecule has 0 radical (unpaired) electrons. The van der Waals surface area contributed by atoms with Crippen LogP contribution < -0.4 is 5.32 Å². The maximum atomic E-state index is 11.6. The number of aromatic nitrogens is 2. The largest absolute Gasteiger partial charge is 0.352 e. The molecule has 1 aliphatic heterocycles. The third kappa shape index (κ3) is 1.78. The molecule has 84 valence electrons. The lowest BCUT2D eigenvalue weighted by Gasteiger charge is -2.15. The van der Waals surface area contributed by atoms with E-state index in [0.717, 1.165) is 23.5 Å². The predicted molar refractivity (Wildman–Crippen MR) is 63.5 cm³/mol. The second-order valence-electron chi connectivity index (χ2n) is 3.91. The molecular weight excluding hydrogens is 214 g/mol. The molecule has 3 heterocycles. The summed E-state index contributed by atoms with van der Waals surface area (Å²) in [5.74, 6) is -0.0358. The molecule has 1 N–H and O–H groups in total. The molecule has 0 spiro atoms. The number of nitrogens with one attached hydrogen (secondary N) is 1. The van der Waals surface area contributed by atoms with Crippen LogP contribution in [0.3, 0.4) is 0 Å². The zero-order chi connectivity index (χ0) is 11.7. The van der Waals surface area contributed by atoms with Crippen molar-refractivity contribution in [3.05, 3.63) is 47.8 Å². The van der Waals surface area contributed by atoms with E-state index in [1.807, 2.05) is 30.3 Å². The van der Waals surface area contributed by atoms with Gasteiger partial charge in [0.1, 0.15) is 0 Å². The third-order valence-electron chi connectivity index (χ3n) is 2.79. The maximum Gasteiger partial charge on any atom is 0.253 e. The van der Waals surface area contributed by atoms with Crippen molar-refractivity contribution in [3.63, 3.8) is 0 Å². The highest BCUT2D eigenvalue weighted by Crippen LogP contribution is 2.18. The number of hydrogen-bond donors (Lipinski definition) is 1. The molecule has 1 amide bonds. The smallest absolute Gasteiger partial charge is 0.253 e. The topological polar surface area (TPSA) is 54.9 Å². The van der Waals surface area contributed by atoms with Crippen molar-refractivity contribution in [2.24, 2.45) is 0 Å². The average molecular weight is 225 g/mol. The summed E-state index contributed by atoms with van der Waals surface area (Å²) in [6.07, 6.45) is 2.52. The minimum Gasteiger partial charge on any atom is -0.352 e.